The Hall–Kier alpha value is -1.95. The first-order chi connectivity index (χ1) is 9.88. The number of carbonyl (C=O) groups is 1. The fraction of sp³-hybridized carbons (Fsp3) is 0.133. The van der Waals surface area contributed by atoms with E-state index in [2.05, 4.69) is 21.2 Å². The summed E-state index contributed by atoms with van der Waals surface area (Å²) in [6.07, 6.45) is 0. The van der Waals surface area contributed by atoms with Crippen molar-refractivity contribution in [3.63, 3.8) is 0 Å². The van der Waals surface area contributed by atoms with Crippen LogP contribution in [0.2, 0.25) is 0 Å². The molecule has 2 N–H and O–H groups in total. The largest absolute Gasteiger partial charge is 0.478 e. The zero-order valence-corrected chi connectivity index (χ0v) is 12.7. The van der Waals surface area contributed by atoms with Crippen LogP contribution in [0.25, 0.3) is 0 Å². The normalized spacial score (nSPS) is 10.5. The number of rotatable bonds is 4. The highest BCUT2D eigenvalue weighted by atomic mass is 79.9. The average molecular weight is 356 g/mol. The first-order valence-corrected chi connectivity index (χ1v) is 6.89. The lowest BCUT2D eigenvalue weighted by Gasteiger charge is -2.10. The lowest BCUT2D eigenvalue weighted by Crippen LogP contribution is -2.07. The summed E-state index contributed by atoms with van der Waals surface area (Å²) in [7, 11) is 0. The van der Waals surface area contributed by atoms with Crippen LogP contribution in [0, 0.1) is 18.6 Å². The van der Waals surface area contributed by atoms with E-state index in [0.29, 0.717) is 12.6 Å². The highest BCUT2D eigenvalue weighted by molar-refractivity contribution is 9.10. The number of aryl methyl sites for hydroxylation is 1. The lowest BCUT2D eigenvalue weighted by atomic mass is 10.1. The van der Waals surface area contributed by atoms with E-state index in [-0.39, 0.29) is 5.69 Å². The van der Waals surface area contributed by atoms with Gasteiger partial charge in [0.1, 0.15) is 11.6 Å². The van der Waals surface area contributed by atoms with Gasteiger partial charge in [-0.3, -0.25) is 0 Å². The zero-order chi connectivity index (χ0) is 15.6. The number of halogens is 3. The van der Waals surface area contributed by atoms with Gasteiger partial charge in [-0.15, -0.1) is 0 Å². The Morgan fingerprint density at radius 2 is 1.95 bits per heavy atom. The Kier molecular flexibility index (Phi) is 4.57. The van der Waals surface area contributed by atoms with E-state index in [1.54, 1.807) is 0 Å². The van der Waals surface area contributed by atoms with Gasteiger partial charge in [0.25, 0.3) is 0 Å². The van der Waals surface area contributed by atoms with Crippen LogP contribution in [0.1, 0.15) is 21.5 Å². The van der Waals surface area contributed by atoms with Crippen molar-refractivity contribution in [3.8, 4) is 0 Å². The van der Waals surface area contributed by atoms with Gasteiger partial charge in [0, 0.05) is 17.1 Å². The van der Waals surface area contributed by atoms with Crippen LogP contribution in [0.15, 0.2) is 34.8 Å². The summed E-state index contributed by atoms with van der Waals surface area (Å²) in [4.78, 5) is 10.8. The molecule has 0 amide bonds. The maximum Gasteiger partial charge on any atom is 0.338 e. The molecule has 0 atom stereocenters. The van der Waals surface area contributed by atoms with Gasteiger partial charge in [-0.05, 0) is 30.2 Å². The summed E-state index contributed by atoms with van der Waals surface area (Å²) in [5.41, 5.74) is 1.34. The Labute approximate surface area is 128 Å². The summed E-state index contributed by atoms with van der Waals surface area (Å²) < 4.78 is 27.8. The highest BCUT2D eigenvalue weighted by Gasteiger charge is 2.15. The van der Waals surface area contributed by atoms with Crippen molar-refractivity contribution in [1.29, 1.82) is 0 Å². The first-order valence-electron chi connectivity index (χ1n) is 6.09. The van der Waals surface area contributed by atoms with Gasteiger partial charge in [-0.2, -0.15) is 0 Å². The molecule has 6 heteroatoms. The monoisotopic (exact) mass is 355 g/mol. The number of hydrogen-bond acceptors (Lipinski definition) is 2. The van der Waals surface area contributed by atoms with Crippen molar-refractivity contribution in [2.24, 2.45) is 0 Å². The Morgan fingerprint density at radius 3 is 2.57 bits per heavy atom. The molecule has 0 aromatic heterocycles. The second kappa shape index (κ2) is 6.22. The Morgan fingerprint density at radius 1 is 1.24 bits per heavy atom. The molecule has 0 saturated carbocycles. The highest BCUT2D eigenvalue weighted by Crippen LogP contribution is 2.22. The van der Waals surface area contributed by atoms with Gasteiger partial charge in [-0.25, -0.2) is 13.6 Å². The van der Waals surface area contributed by atoms with Gasteiger partial charge in [0.2, 0.25) is 0 Å². The summed E-state index contributed by atoms with van der Waals surface area (Å²) in [6, 6.07) is 7.17. The van der Waals surface area contributed by atoms with Crippen molar-refractivity contribution >= 4 is 27.6 Å². The predicted octanol–water partition coefficient (Wildman–Crippen LogP) is 4.35. The number of nitrogens with one attached hydrogen (secondary N) is 1. The quantitative estimate of drug-likeness (QED) is 0.857. The number of carboxylic acids is 1. The van der Waals surface area contributed by atoms with Gasteiger partial charge < -0.3 is 10.4 Å². The number of carboxylic acid groups (broad SMARTS) is 1. The standard InChI is InChI=1S/C15H12BrF2NO2/c1-8-2-3-9(4-11(8)16)7-19-14-5-10(15(20)21)12(17)6-13(14)18/h2-6,19H,7H2,1H3,(H,20,21). The minimum atomic E-state index is -1.44. The zero-order valence-electron chi connectivity index (χ0n) is 11.1. The van der Waals surface area contributed by atoms with Gasteiger partial charge in [-0.1, -0.05) is 28.1 Å². The number of hydrogen-bond donors (Lipinski definition) is 2. The second-order valence-electron chi connectivity index (χ2n) is 4.55. The SMILES string of the molecule is Cc1ccc(CNc2cc(C(=O)O)c(F)cc2F)cc1Br. The lowest BCUT2D eigenvalue weighted by molar-refractivity contribution is 0.0692. The van der Waals surface area contributed by atoms with E-state index >= 15 is 0 Å². The third-order valence-electron chi connectivity index (χ3n) is 3.01. The molecule has 0 saturated heterocycles. The maximum atomic E-state index is 13.6. The van der Waals surface area contributed by atoms with Crippen LogP contribution >= 0.6 is 15.9 Å². The minimum absolute atomic E-state index is 0.0505. The first kappa shape index (κ1) is 15.4. The van der Waals surface area contributed by atoms with Crippen molar-refractivity contribution in [1.82, 2.24) is 0 Å². The molecule has 0 heterocycles. The van der Waals surface area contributed by atoms with Crippen LogP contribution < -0.4 is 5.32 Å². The van der Waals surface area contributed by atoms with Crippen LogP contribution in [0.5, 0.6) is 0 Å². The molecule has 0 spiro atoms. The summed E-state index contributed by atoms with van der Waals surface area (Å²) in [5.74, 6) is -3.36. The third kappa shape index (κ3) is 3.58. The van der Waals surface area contributed by atoms with Gasteiger partial charge in [0.05, 0.1) is 11.3 Å². The molecule has 0 aliphatic rings. The molecule has 0 radical (unpaired) electrons. The fourth-order valence-electron chi connectivity index (χ4n) is 1.79. The molecule has 0 aliphatic carbocycles. The van der Waals surface area contributed by atoms with E-state index in [1.807, 2.05) is 25.1 Å². The van der Waals surface area contributed by atoms with E-state index in [4.69, 9.17) is 5.11 Å². The molecule has 0 bridgehead atoms. The van der Waals surface area contributed by atoms with E-state index in [9.17, 15) is 13.6 Å². The summed E-state index contributed by atoms with van der Waals surface area (Å²) in [6.45, 7) is 2.24. The van der Waals surface area contributed by atoms with E-state index in [0.717, 1.165) is 21.7 Å². The molecular weight excluding hydrogens is 344 g/mol. The van der Waals surface area contributed by atoms with Gasteiger partial charge >= 0.3 is 5.97 Å². The predicted molar refractivity (Wildman–Crippen MR) is 79.5 cm³/mol. The fourth-order valence-corrected chi connectivity index (χ4v) is 2.22. The molecule has 3 nitrogen and oxygen atoms in total. The smallest absolute Gasteiger partial charge is 0.338 e. The number of anilines is 1. The van der Waals surface area contributed by atoms with Crippen LogP contribution in [0.4, 0.5) is 14.5 Å². The van der Waals surface area contributed by atoms with Crippen molar-refractivity contribution in [2.45, 2.75) is 13.5 Å². The summed E-state index contributed by atoms with van der Waals surface area (Å²) >= 11 is 3.40. The Bertz CT molecular complexity index is 704. The molecule has 2 aromatic rings. The van der Waals surface area contributed by atoms with Crippen LogP contribution in [0.3, 0.4) is 0 Å². The molecular formula is C15H12BrF2NO2. The second-order valence-corrected chi connectivity index (χ2v) is 5.41. The third-order valence-corrected chi connectivity index (χ3v) is 3.86. The van der Waals surface area contributed by atoms with Crippen molar-refractivity contribution in [2.75, 3.05) is 5.32 Å². The molecule has 0 fully saturated rings. The number of aromatic carboxylic acids is 1. The maximum absolute atomic E-state index is 13.6. The average Bonchev–Trinajstić information content (AvgIpc) is 2.41. The van der Waals surface area contributed by atoms with Crippen LogP contribution in [-0.4, -0.2) is 11.1 Å². The molecule has 2 aromatic carbocycles. The molecule has 0 unspecified atom stereocenters. The topological polar surface area (TPSA) is 49.3 Å². The van der Waals surface area contributed by atoms with Crippen molar-refractivity contribution in [3.05, 3.63) is 63.1 Å². The summed E-state index contributed by atoms with van der Waals surface area (Å²) in [5, 5.41) is 11.6. The van der Waals surface area contributed by atoms with Crippen molar-refractivity contribution < 1.29 is 18.7 Å². The van der Waals surface area contributed by atoms with Gasteiger partial charge in [0.15, 0.2) is 0 Å². The number of benzene rings is 2. The molecule has 110 valence electrons. The molecule has 0 aliphatic heterocycles. The molecule has 2 rings (SSSR count). The minimum Gasteiger partial charge on any atom is -0.478 e. The van der Waals surface area contributed by atoms with E-state index in [1.165, 1.54) is 0 Å². The Balaban J connectivity index is 2.21. The van der Waals surface area contributed by atoms with E-state index < -0.39 is 23.2 Å². The van der Waals surface area contributed by atoms with Crippen LogP contribution in [-0.2, 0) is 6.54 Å². The molecule has 21 heavy (non-hydrogen) atoms.